The number of aliphatic hydroxyl groups excluding tert-OH is 2. The van der Waals surface area contributed by atoms with Gasteiger partial charge in [-0.15, -0.1) is 0 Å². The van der Waals surface area contributed by atoms with Gasteiger partial charge in [0.05, 0.1) is 11.5 Å². The minimum Gasteiger partial charge on any atom is -0.481 e. The van der Waals surface area contributed by atoms with E-state index in [0.717, 1.165) is 5.56 Å². The van der Waals surface area contributed by atoms with Crippen LogP contribution in [0.15, 0.2) is 24.3 Å². The SMILES string of the molecule is O=C(O)C1(c2ccc(C(O)C(O)CCBr)cc2)CC1. The Labute approximate surface area is 120 Å². The number of halogens is 1. The molecule has 2 atom stereocenters. The van der Waals surface area contributed by atoms with Gasteiger partial charge in [-0.1, -0.05) is 40.2 Å². The normalized spacial score (nSPS) is 19.7. The molecule has 4 nitrogen and oxygen atoms in total. The Morgan fingerprint density at radius 2 is 1.84 bits per heavy atom. The fourth-order valence-corrected chi connectivity index (χ4v) is 2.71. The average molecular weight is 329 g/mol. The molecule has 0 aliphatic heterocycles. The zero-order valence-electron chi connectivity index (χ0n) is 10.4. The minimum absolute atomic E-state index is 0.460. The van der Waals surface area contributed by atoms with Gasteiger partial charge in [0, 0.05) is 5.33 Å². The largest absolute Gasteiger partial charge is 0.481 e. The molecule has 1 aromatic rings. The first-order valence-corrected chi connectivity index (χ1v) is 7.39. The fourth-order valence-electron chi connectivity index (χ4n) is 2.24. The van der Waals surface area contributed by atoms with Crippen molar-refractivity contribution >= 4 is 21.9 Å². The molecule has 2 unspecified atom stereocenters. The van der Waals surface area contributed by atoms with E-state index >= 15 is 0 Å². The molecule has 104 valence electrons. The molecule has 19 heavy (non-hydrogen) atoms. The first-order chi connectivity index (χ1) is 9.01. The Balaban J connectivity index is 2.13. The first kappa shape index (κ1) is 14.5. The Morgan fingerprint density at radius 1 is 1.26 bits per heavy atom. The van der Waals surface area contributed by atoms with E-state index in [9.17, 15) is 20.1 Å². The highest BCUT2D eigenvalue weighted by Crippen LogP contribution is 2.48. The van der Waals surface area contributed by atoms with Crippen LogP contribution < -0.4 is 0 Å². The Kier molecular flexibility index (Phi) is 4.28. The monoisotopic (exact) mass is 328 g/mol. The van der Waals surface area contributed by atoms with Crippen LogP contribution in [0.5, 0.6) is 0 Å². The zero-order valence-corrected chi connectivity index (χ0v) is 12.0. The van der Waals surface area contributed by atoms with Crippen LogP contribution in [0.3, 0.4) is 0 Å². The summed E-state index contributed by atoms with van der Waals surface area (Å²) >= 11 is 3.22. The molecule has 5 heteroatoms. The summed E-state index contributed by atoms with van der Waals surface area (Å²) in [7, 11) is 0. The van der Waals surface area contributed by atoms with Crippen molar-refractivity contribution in [3.05, 3.63) is 35.4 Å². The smallest absolute Gasteiger partial charge is 0.314 e. The second-order valence-electron chi connectivity index (χ2n) is 5.00. The summed E-state index contributed by atoms with van der Waals surface area (Å²) in [5.41, 5.74) is 0.655. The summed E-state index contributed by atoms with van der Waals surface area (Å²) in [6.45, 7) is 0. The van der Waals surface area contributed by atoms with Gasteiger partial charge in [0.25, 0.3) is 0 Å². The summed E-state index contributed by atoms with van der Waals surface area (Å²) in [5, 5.41) is 29.5. The van der Waals surface area contributed by atoms with E-state index in [0.29, 0.717) is 30.2 Å². The number of rotatable bonds is 6. The van der Waals surface area contributed by atoms with Crippen LogP contribution >= 0.6 is 15.9 Å². The number of carboxylic acids is 1. The molecule has 1 aliphatic carbocycles. The summed E-state index contributed by atoms with van der Waals surface area (Å²) in [6.07, 6.45) is 0.0284. The number of benzene rings is 1. The maximum absolute atomic E-state index is 11.2. The van der Waals surface area contributed by atoms with Gasteiger partial charge in [-0.2, -0.15) is 0 Å². The fraction of sp³-hybridized carbons (Fsp3) is 0.500. The quantitative estimate of drug-likeness (QED) is 0.698. The number of aliphatic carboxylic acids is 1. The van der Waals surface area contributed by atoms with Crippen LogP contribution in [0.25, 0.3) is 0 Å². The Hall–Kier alpha value is -0.910. The Morgan fingerprint density at radius 3 is 2.26 bits per heavy atom. The molecule has 0 heterocycles. The van der Waals surface area contributed by atoms with Crippen molar-refractivity contribution in [2.24, 2.45) is 0 Å². The molecule has 0 bridgehead atoms. The van der Waals surface area contributed by atoms with Crippen LogP contribution in [0.2, 0.25) is 0 Å². The predicted octanol–water partition coefficient (Wildman–Crippen LogP) is 1.98. The number of aliphatic hydroxyl groups is 2. The van der Waals surface area contributed by atoms with Crippen LogP contribution in [0.4, 0.5) is 0 Å². The topological polar surface area (TPSA) is 77.8 Å². The van der Waals surface area contributed by atoms with E-state index in [1.165, 1.54) is 0 Å². The molecule has 3 N–H and O–H groups in total. The van der Waals surface area contributed by atoms with Gasteiger partial charge in [0.15, 0.2) is 0 Å². The molecule has 0 aromatic heterocycles. The van der Waals surface area contributed by atoms with Crippen molar-refractivity contribution in [3.63, 3.8) is 0 Å². The lowest BCUT2D eigenvalue weighted by Gasteiger charge is -2.18. The summed E-state index contributed by atoms with van der Waals surface area (Å²) in [6, 6.07) is 6.86. The third-order valence-electron chi connectivity index (χ3n) is 3.73. The molecule has 1 aromatic carbocycles. The summed E-state index contributed by atoms with van der Waals surface area (Å²) < 4.78 is 0. The van der Waals surface area contributed by atoms with Crippen LogP contribution in [0, 0.1) is 0 Å². The van der Waals surface area contributed by atoms with Crippen molar-refractivity contribution in [2.45, 2.75) is 36.9 Å². The molecule has 1 saturated carbocycles. The molecule has 0 radical (unpaired) electrons. The molecular weight excluding hydrogens is 312 g/mol. The lowest BCUT2D eigenvalue weighted by Crippen LogP contribution is -2.21. The average Bonchev–Trinajstić information content (AvgIpc) is 3.20. The third kappa shape index (κ3) is 2.83. The first-order valence-electron chi connectivity index (χ1n) is 6.27. The van der Waals surface area contributed by atoms with Crippen molar-refractivity contribution in [3.8, 4) is 0 Å². The van der Waals surface area contributed by atoms with Crippen molar-refractivity contribution in [2.75, 3.05) is 5.33 Å². The zero-order chi connectivity index (χ0) is 14.0. The Bertz CT molecular complexity index is 453. The summed E-state index contributed by atoms with van der Waals surface area (Å²) in [5.74, 6) is -0.792. The molecular formula is C14H17BrO4. The number of carbonyl (C=O) groups is 1. The van der Waals surface area contributed by atoms with Crippen molar-refractivity contribution in [1.29, 1.82) is 0 Å². The van der Waals surface area contributed by atoms with E-state index < -0.39 is 23.6 Å². The number of carboxylic acid groups (broad SMARTS) is 1. The molecule has 0 amide bonds. The van der Waals surface area contributed by atoms with Crippen LogP contribution in [0.1, 0.15) is 36.5 Å². The highest BCUT2D eigenvalue weighted by Gasteiger charge is 2.51. The van der Waals surface area contributed by atoms with Gasteiger partial charge in [-0.3, -0.25) is 4.79 Å². The highest BCUT2D eigenvalue weighted by molar-refractivity contribution is 9.09. The van der Waals surface area contributed by atoms with Gasteiger partial charge in [-0.05, 0) is 30.4 Å². The second kappa shape index (κ2) is 5.61. The maximum Gasteiger partial charge on any atom is 0.314 e. The van der Waals surface area contributed by atoms with E-state index in [2.05, 4.69) is 15.9 Å². The standard InChI is InChI=1S/C14H17BrO4/c15-8-5-11(16)12(17)9-1-3-10(4-2-9)14(6-7-14)13(18)19/h1-4,11-12,16-17H,5-8H2,(H,18,19). The van der Waals surface area contributed by atoms with Crippen molar-refractivity contribution < 1.29 is 20.1 Å². The van der Waals surface area contributed by atoms with Crippen LogP contribution in [-0.4, -0.2) is 32.7 Å². The van der Waals surface area contributed by atoms with Gasteiger partial charge in [0.1, 0.15) is 6.10 Å². The van der Waals surface area contributed by atoms with E-state index in [1.807, 2.05) is 0 Å². The molecule has 2 rings (SSSR count). The van der Waals surface area contributed by atoms with Crippen molar-refractivity contribution in [1.82, 2.24) is 0 Å². The van der Waals surface area contributed by atoms with Gasteiger partial charge in [-0.25, -0.2) is 0 Å². The van der Waals surface area contributed by atoms with Gasteiger partial charge < -0.3 is 15.3 Å². The number of hydrogen-bond donors (Lipinski definition) is 3. The molecule has 1 fully saturated rings. The van der Waals surface area contributed by atoms with Gasteiger partial charge >= 0.3 is 5.97 Å². The number of hydrogen-bond acceptors (Lipinski definition) is 3. The second-order valence-corrected chi connectivity index (χ2v) is 5.79. The number of alkyl halides is 1. The lowest BCUT2D eigenvalue weighted by molar-refractivity contribution is -0.140. The molecule has 1 aliphatic rings. The third-order valence-corrected chi connectivity index (χ3v) is 4.19. The van der Waals surface area contributed by atoms with E-state index in [-0.39, 0.29) is 0 Å². The minimum atomic E-state index is -0.938. The highest BCUT2D eigenvalue weighted by atomic mass is 79.9. The van der Waals surface area contributed by atoms with E-state index in [1.54, 1.807) is 24.3 Å². The van der Waals surface area contributed by atoms with Crippen LogP contribution in [-0.2, 0) is 10.2 Å². The van der Waals surface area contributed by atoms with Gasteiger partial charge in [0.2, 0.25) is 0 Å². The maximum atomic E-state index is 11.2. The predicted molar refractivity (Wildman–Crippen MR) is 74.4 cm³/mol. The van der Waals surface area contributed by atoms with E-state index in [4.69, 9.17) is 0 Å². The molecule has 0 spiro atoms. The lowest BCUT2D eigenvalue weighted by atomic mass is 9.93. The summed E-state index contributed by atoms with van der Waals surface area (Å²) in [4.78, 5) is 11.2. The molecule has 0 saturated heterocycles.